The monoisotopic (exact) mass is 495 g/mol. The molecule has 1 N–H and O–H groups in total. The standard InChI is InChI=1S/C29H29N5O3/c1-3-26(33(16-17-37-2)29(36)31-23-13-9-12-22(18-23)19-30)27-32-25-15-8-7-14-24(25)28(35)34(27)20-21-10-5-4-6-11-21/h4-15,18,26H,3,16-17,20H2,1-2H3,(H,31,36). The summed E-state index contributed by atoms with van der Waals surface area (Å²) in [5.74, 6) is 0.507. The molecule has 8 heteroatoms. The number of amides is 2. The molecule has 37 heavy (non-hydrogen) atoms. The van der Waals surface area contributed by atoms with Crippen molar-refractivity contribution in [3.8, 4) is 6.07 Å². The summed E-state index contributed by atoms with van der Waals surface area (Å²) in [6.45, 7) is 2.88. The van der Waals surface area contributed by atoms with E-state index in [1.165, 1.54) is 0 Å². The first-order chi connectivity index (χ1) is 18.0. The third kappa shape index (κ3) is 5.85. The Labute approximate surface area is 215 Å². The number of nitriles is 1. The van der Waals surface area contributed by atoms with Gasteiger partial charge in [-0.2, -0.15) is 5.26 Å². The average molecular weight is 496 g/mol. The van der Waals surface area contributed by atoms with Crippen LogP contribution in [0, 0.1) is 11.3 Å². The zero-order valence-electron chi connectivity index (χ0n) is 20.9. The van der Waals surface area contributed by atoms with Crippen LogP contribution in [0.15, 0.2) is 83.7 Å². The maximum absolute atomic E-state index is 13.7. The molecule has 0 spiro atoms. The van der Waals surface area contributed by atoms with E-state index in [4.69, 9.17) is 9.72 Å². The van der Waals surface area contributed by atoms with E-state index < -0.39 is 6.04 Å². The molecule has 1 unspecified atom stereocenters. The summed E-state index contributed by atoms with van der Waals surface area (Å²) in [6, 6.07) is 24.9. The van der Waals surface area contributed by atoms with Crippen molar-refractivity contribution in [2.75, 3.05) is 25.6 Å². The summed E-state index contributed by atoms with van der Waals surface area (Å²) in [6.07, 6.45) is 0.523. The molecule has 1 heterocycles. The molecule has 0 aliphatic carbocycles. The minimum atomic E-state index is -0.504. The van der Waals surface area contributed by atoms with Crippen LogP contribution in [0.2, 0.25) is 0 Å². The molecule has 0 bridgehead atoms. The number of ether oxygens (including phenoxy) is 1. The zero-order valence-corrected chi connectivity index (χ0v) is 20.9. The molecule has 188 valence electrons. The van der Waals surface area contributed by atoms with Gasteiger partial charge in [0.15, 0.2) is 0 Å². The number of methoxy groups -OCH3 is 1. The quantitative estimate of drug-likeness (QED) is 0.354. The van der Waals surface area contributed by atoms with E-state index in [9.17, 15) is 14.9 Å². The molecule has 4 aromatic rings. The summed E-state index contributed by atoms with van der Waals surface area (Å²) in [4.78, 5) is 33.8. The average Bonchev–Trinajstić information content (AvgIpc) is 2.93. The first-order valence-corrected chi connectivity index (χ1v) is 12.2. The van der Waals surface area contributed by atoms with E-state index >= 15 is 0 Å². The number of rotatable bonds is 9. The van der Waals surface area contributed by atoms with Crippen molar-refractivity contribution in [1.29, 1.82) is 5.26 Å². The molecular weight excluding hydrogens is 466 g/mol. The van der Waals surface area contributed by atoms with Crippen LogP contribution < -0.4 is 10.9 Å². The van der Waals surface area contributed by atoms with Crippen LogP contribution in [-0.2, 0) is 11.3 Å². The van der Waals surface area contributed by atoms with E-state index in [2.05, 4.69) is 11.4 Å². The molecule has 0 saturated carbocycles. The molecule has 0 aliphatic heterocycles. The number of para-hydroxylation sites is 1. The highest BCUT2D eigenvalue weighted by atomic mass is 16.5. The molecule has 0 fully saturated rings. The van der Waals surface area contributed by atoms with Gasteiger partial charge < -0.3 is 15.0 Å². The Morgan fingerprint density at radius 1 is 1.11 bits per heavy atom. The number of aromatic nitrogens is 2. The number of fused-ring (bicyclic) bond motifs is 1. The Morgan fingerprint density at radius 3 is 2.59 bits per heavy atom. The number of carbonyl (C=O) groups is 1. The zero-order chi connectivity index (χ0) is 26.2. The summed E-state index contributed by atoms with van der Waals surface area (Å²) in [5, 5.41) is 12.7. The minimum Gasteiger partial charge on any atom is -0.383 e. The highest BCUT2D eigenvalue weighted by Crippen LogP contribution is 2.25. The molecule has 8 nitrogen and oxygen atoms in total. The minimum absolute atomic E-state index is 0.156. The first-order valence-electron chi connectivity index (χ1n) is 12.2. The van der Waals surface area contributed by atoms with Crippen molar-refractivity contribution in [3.05, 3.63) is 106 Å². The number of carbonyl (C=O) groups excluding carboxylic acids is 1. The Kier molecular flexibility index (Phi) is 8.29. The first kappa shape index (κ1) is 25.6. The number of nitrogens with zero attached hydrogens (tertiary/aromatic N) is 4. The Hall–Kier alpha value is -4.48. The number of nitrogens with one attached hydrogen (secondary N) is 1. The van der Waals surface area contributed by atoms with Gasteiger partial charge in [-0.25, -0.2) is 9.78 Å². The van der Waals surface area contributed by atoms with E-state index in [0.717, 1.165) is 5.56 Å². The lowest BCUT2D eigenvalue weighted by Crippen LogP contribution is -2.42. The van der Waals surface area contributed by atoms with Crippen molar-refractivity contribution in [2.24, 2.45) is 0 Å². The number of benzene rings is 3. The molecule has 4 rings (SSSR count). The van der Waals surface area contributed by atoms with Crippen LogP contribution in [0.25, 0.3) is 10.9 Å². The second-order valence-corrected chi connectivity index (χ2v) is 8.60. The third-order valence-electron chi connectivity index (χ3n) is 6.18. The number of hydrogen-bond donors (Lipinski definition) is 1. The fourth-order valence-corrected chi connectivity index (χ4v) is 4.35. The van der Waals surface area contributed by atoms with Crippen LogP contribution in [0.3, 0.4) is 0 Å². The highest BCUT2D eigenvalue weighted by Gasteiger charge is 2.28. The van der Waals surface area contributed by atoms with Gasteiger partial charge in [-0.3, -0.25) is 9.36 Å². The van der Waals surface area contributed by atoms with E-state index in [1.54, 1.807) is 46.9 Å². The summed E-state index contributed by atoms with van der Waals surface area (Å²) < 4.78 is 6.97. The Balaban J connectivity index is 1.80. The predicted octanol–water partition coefficient (Wildman–Crippen LogP) is 4.95. The van der Waals surface area contributed by atoms with Crippen molar-refractivity contribution < 1.29 is 9.53 Å². The summed E-state index contributed by atoms with van der Waals surface area (Å²) in [7, 11) is 1.58. The van der Waals surface area contributed by atoms with Gasteiger partial charge in [0, 0.05) is 19.3 Å². The van der Waals surface area contributed by atoms with Crippen LogP contribution >= 0.6 is 0 Å². The van der Waals surface area contributed by atoms with E-state index in [-0.39, 0.29) is 18.1 Å². The Morgan fingerprint density at radius 2 is 1.86 bits per heavy atom. The van der Waals surface area contributed by atoms with Gasteiger partial charge in [0.1, 0.15) is 5.82 Å². The summed E-state index contributed by atoms with van der Waals surface area (Å²) in [5.41, 5.74) is 2.34. The third-order valence-corrected chi connectivity index (χ3v) is 6.18. The van der Waals surface area contributed by atoms with Crippen molar-refractivity contribution >= 4 is 22.6 Å². The number of anilines is 1. The van der Waals surface area contributed by atoms with E-state index in [1.807, 2.05) is 55.5 Å². The lowest BCUT2D eigenvalue weighted by molar-refractivity contribution is 0.130. The van der Waals surface area contributed by atoms with Gasteiger partial charge in [-0.05, 0) is 42.3 Å². The maximum atomic E-state index is 13.7. The molecule has 0 saturated heterocycles. The van der Waals surface area contributed by atoms with Gasteiger partial charge >= 0.3 is 6.03 Å². The molecular formula is C29H29N5O3. The molecule has 2 amide bonds. The Bertz CT molecular complexity index is 1480. The normalized spacial score (nSPS) is 11.6. The molecule has 1 aromatic heterocycles. The van der Waals surface area contributed by atoms with Crippen molar-refractivity contribution in [2.45, 2.75) is 25.9 Å². The second kappa shape index (κ2) is 12.0. The van der Waals surface area contributed by atoms with Gasteiger partial charge in [0.2, 0.25) is 0 Å². The van der Waals surface area contributed by atoms with Crippen LogP contribution in [0.4, 0.5) is 10.5 Å². The molecule has 0 aliphatic rings. The lowest BCUT2D eigenvalue weighted by atomic mass is 10.1. The molecule has 0 radical (unpaired) electrons. The van der Waals surface area contributed by atoms with Crippen molar-refractivity contribution in [3.63, 3.8) is 0 Å². The number of hydrogen-bond acceptors (Lipinski definition) is 5. The van der Waals surface area contributed by atoms with Crippen LogP contribution in [-0.4, -0.2) is 40.7 Å². The highest BCUT2D eigenvalue weighted by molar-refractivity contribution is 5.90. The van der Waals surface area contributed by atoms with Crippen LogP contribution in [0.5, 0.6) is 0 Å². The molecule has 1 atom stereocenters. The maximum Gasteiger partial charge on any atom is 0.322 e. The topological polar surface area (TPSA) is 100 Å². The SMILES string of the molecule is CCC(c1nc2ccccc2c(=O)n1Cc1ccccc1)N(CCOC)C(=O)Nc1cccc(C#N)c1. The van der Waals surface area contributed by atoms with Gasteiger partial charge in [0.05, 0.1) is 41.7 Å². The predicted molar refractivity (Wildman–Crippen MR) is 143 cm³/mol. The summed E-state index contributed by atoms with van der Waals surface area (Å²) >= 11 is 0. The van der Waals surface area contributed by atoms with Gasteiger partial charge in [0.25, 0.3) is 5.56 Å². The van der Waals surface area contributed by atoms with Gasteiger partial charge in [-0.1, -0.05) is 55.5 Å². The largest absolute Gasteiger partial charge is 0.383 e. The smallest absolute Gasteiger partial charge is 0.322 e. The molecule has 3 aromatic carbocycles. The fourth-order valence-electron chi connectivity index (χ4n) is 4.35. The fraction of sp³-hybridized carbons (Fsp3) is 0.241. The van der Waals surface area contributed by atoms with E-state index in [0.29, 0.717) is 47.6 Å². The lowest BCUT2D eigenvalue weighted by Gasteiger charge is -2.32. The number of urea groups is 1. The van der Waals surface area contributed by atoms with Crippen LogP contribution in [0.1, 0.15) is 36.3 Å². The second-order valence-electron chi connectivity index (χ2n) is 8.60. The van der Waals surface area contributed by atoms with Crippen molar-refractivity contribution in [1.82, 2.24) is 14.5 Å². The van der Waals surface area contributed by atoms with Gasteiger partial charge in [-0.15, -0.1) is 0 Å².